The average Bonchev–Trinajstić information content (AvgIpc) is 2.43. The molecule has 1 amide bonds. The van der Waals surface area contributed by atoms with Crippen LogP contribution >= 0.6 is 0 Å². The van der Waals surface area contributed by atoms with Crippen LogP contribution in [0.1, 0.15) is 32.3 Å². The highest BCUT2D eigenvalue weighted by molar-refractivity contribution is 5.80. The van der Waals surface area contributed by atoms with Gasteiger partial charge < -0.3 is 15.2 Å². The second-order valence-electron chi connectivity index (χ2n) is 4.79. The van der Waals surface area contributed by atoms with Crippen LogP contribution < -0.4 is 5.32 Å². The van der Waals surface area contributed by atoms with Crippen molar-refractivity contribution in [1.82, 2.24) is 5.32 Å². The molecule has 0 bridgehead atoms. The summed E-state index contributed by atoms with van der Waals surface area (Å²) in [5.74, 6) is -1.18. The summed E-state index contributed by atoms with van der Waals surface area (Å²) < 4.78 is 5.02. The smallest absolute Gasteiger partial charge is 0.408 e. The Balaban J connectivity index is 2.48. The van der Waals surface area contributed by atoms with E-state index >= 15 is 0 Å². The van der Waals surface area contributed by atoms with E-state index in [0.717, 1.165) is 18.4 Å². The van der Waals surface area contributed by atoms with Gasteiger partial charge in [-0.15, -0.1) is 0 Å². The molecule has 0 saturated heterocycles. The van der Waals surface area contributed by atoms with Crippen LogP contribution in [0.3, 0.4) is 0 Å². The van der Waals surface area contributed by atoms with Crippen molar-refractivity contribution in [3.05, 3.63) is 35.9 Å². The fourth-order valence-electron chi connectivity index (χ4n) is 1.96. The molecule has 0 aliphatic heterocycles. The lowest BCUT2D eigenvalue weighted by atomic mass is 9.97. The molecule has 0 saturated carbocycles. The first kappa shape index (κ1) is 16.0. The van der Waals surface area contributed by atoms with Gasteiger partial charge in [0.15, 0.2) is 0 Å². The summed E-state index contributed by atoms with van der Waals surface area (Å²) >= 11 is 0. The van der Waals surface area contributed by atoms with Crippen LogP contribution in [0, 0.1) is 5.92 Å². The summed E-state index contributed by atoms with van der Waals surface area (Å²) in [6, 6.07) is 8.32. The zero-order valence-electron chi connectivity index (χ0n) is 11.8. The van der Waals surface area contributed by atoms with E-state index in [9.17, 15) is 9.59 Å². The molecule has 110 valence electrons. The topological polar surface area (TPSA) is 75.6 Å². The van der Waals surface area contributed by atoms with Gasteiger partial charge in [0.2, 0.25) is 0 Å². The minimum Gasteiger partial charge on any atom is -0.480 e. The molecular formula is C15H21NO4. The van der Waals surface area contributed by atoms with Gasteiger partial charge >= 0.3 is 12.1 Å². The van der Waals surface area contributed by atoms with Crippen LogP contribution in [0.4, 0.5) is 4.79 Å². The number of carboxylic acid groups (broad SMARTS) is 1. The van der Waals surface area contributed by atoms with E-state index in [1.54, 1.807) is 6.92 Å². The van der Waals surface area contributed by atoms with E-state index in [2.05, 4.69) is 5.32 Å². The van der Waals surface area contributed by atoms with Crippen molar-refractivity contribution < 1.29 is 19.4 Å². The number of aliphatic carboxylic acids is 1. The van der Waals surface area contributed by atoms with Crippen molar-refractivity contribution in [2.75, 3.05) is 0 Å². The monoisotopic (exact) mass is 279 g/mol. The van der Waals surface area contributed by atoms with Gasteiger partial charge in [-0.2, -0.15) is 0 Å². The molecule has 0 aliphatic rings. The van der Waals surface area contributed by atoms with Gasteiger partial charge in [0.05, 0.1) is 0 Å². The van der Waals surface area contributed by atoms with Crippen molar-refractivity contribution in [2.24, 2.45) is 5.92 Å². The molecule has 20 heavy (non-hydrogen) atoms. The van der Waals surface area contributed by atoms with Crippen LogP contribution in [0.5, 0.6) is 0 Å². The third-order valence-corrected chi connectivity index (χ3v) is 3.07. The Kier molecular flexibility index (Phi) is 6.56. The van der Waals surface area contributed by atoms with E-state index in [1.165, 1.54) is 0 Å². The zero-order chi connectivity index (χ0) is 15.0. The molecule has 2 unspecified atom stereocenters. The fraction of sp³-hybridized carbons (Fsp3) is 0.467. The largest absolute Gasteiger partial charge is 0.480 e. The number of hydrogen-bond donors (Lipinski definition) is 2. The highest BCUT2D eigenvalue weighted by atomic mass is 16.5. The molecule has 1 aromatic rings. The van der Waals surface area contributed by atoms with Crippen LogP contribution in [-0.2, 0) is 16.1 Å². The summed E-state index contributed by atoms with van der Waals surface area (Å²) in [4.78, 5) is 22.8. The van der Waals surface area contributed by atoms with E-state index < -0.39 is 18.1 Å². The van der Waals surface area contributed by atoms with Gasteiger partial charge in [0, 0.05) is 0 Å². The molecule has 1 aromatic carbocycles. The Bertz CT molecular complexity index is 433. The van der Waals surface area contributed by atoms with Gasteiger partial charge in [0.1, 0.15) is 12.6 Å². The van der Waals surface area contributed by atoms with Crippen LogP contribution in [0.25, 0.3) is 0 Å². The second kappa shape index (κ2) is 8.19. The number of ether oxygens (including phenoxy) is 1. The highest BCUT2D eigenvalue weighted by Gasteiger charge is 2.26. The number of benzene rings is 1. The Labute approximate surface area is 118 Å². The highest BCUT2D eigenvalue weighted by Crippen LogP contribution is 2.11. The number of hydrogen-bond acceptors (Lipinski definition) is 3. The molecule has 0 aromatic heterocycles. The number of amides is 1. The lowest BCUT2D eigenvalue weighted by molar-refractivity contribution is -0.140. The summed E-state index contributed by atoms with van der Waals surface area (Å²) in [5, 5.41) is 11.5. The van der Waals surface area contributed by atoms with Crippen molar-refractivity contribution in [2.45, 2.75) is 39.3 Å². The molecule has 0 heterocycles. The summed E-state index contributed by atoms with van der Waals surface area (Å²) in [6.45, 7) is 3.91. The van der Waals surface area contributed by atoms with E-state index in [-0.39, 0.29) is 12.5 Å². The van der Waals surface area contributed by atoms with Crippen LogP contribution in [-0.4, -0.2) is 23.2 Å². The summed E-state index contributed by atoms with van der Waals surface area (Å²) in [5.41, 5.74) is 0.858. The van der Waals surface area contributed by atoms with Gasteiger partial charge in [0.25, 0.3) is 0 Å². The first-order chi connectivity index (χ1) is 9.54. The predicted octanol–water partition coefficient (Wildman–Crippen LogP) is 2.80. The third-order valence-electron chi connectivity index (χ3n) is 3.07. The zero-order valence-corrected chi connectivity index (χ0v) is 11.8. The first-order valence-electron chi connectivity index (χ1n) is 6.74. The number of carbonyl (C=O) groups is 2. The SMILES string of the molecule is CCCC(C)C(NC(=O)OCc1ccccc1)C(=O)O. The maximum atomic E-state index is 11.6. The molecule has 1 rings (SSSR count). The first-order valence-corrected chi connectivity index (χ1v) is 6.74. The molecule has 2 atom stereocenters. The molecule has 5 nitrogen and oxygen atoms in total. The van der Waals surface area contributed by atoms with E-state index in [1.807, 2.05) is 37.3 Å². The number of alkyl carbamates (subject to hydrolysis) is 1. The van der Waals surface area contributed by atoms with Crippen molar-refractivity contribution >= 4 is 12.1 Å². The van der Waals surface area contributed by atoms with Crippen molar-refractivity contribution in [3.8, 4) is 0 Å². The molecular weight excluding hydrogens is 258 g/mol. The maximum absolute atomic E-state index is 11.6. The average molecular weight is 279 g/mol. The lowest BCUT2D eigenvalue weighted by Gasteiger charge is -2.20. The van der Waals surface area contributed by atoms with Crippen LogP contribution in [0.15, 0.2) is 30.3 Å². The van der Waals surface area contributed by atoms with E-state index in [0.29, 0.717) is 0 Å². The molecule has 0 fully saturated rings. The van der Waals surface area contributed by atoms with Gasteiger partial charge in [-0.05, 0) is 17.9 Å². The number of carboxylic acids is 1. The van der Waals surface area contributed by atoms with Gasteiger partial charge in [-0.1, -0.05) is 50.6 Å². The number of rotatable bonds is 7. The minimum atomic E-state index is -1.04. The summed E-state index contributed by atoms with van der Waals surface area (Å²) in [6.07, 6.45) is 0.894. The van der Waals surface area contributed by atoms with Crippen molar-refractivity contribution in [3.63, 3.8) is 0 Å². The molecule has 5 heteroatoms. The molecule has 0 aliphatic carbocycles. The Morgan fingerprint density at radius 3 is 2.50 bits per heavy atom. The van der Waals surface area contributed by atoms with Crippen molar-refractivity contribution in [1.29, 1.82) is 0 Å². The lowest BCUT2D eigenvalue weighted by Crippen LogP contribution is -2.45. The van der Waals surface area contributed by atoms with Gasteiger partial charge in [-0.25, -0.2) is 9.59 Å². The molecule has 0 radical (unpaired) electrons. The van der Waals surface area contributed by atoms with Crippen LogP contribution in [0.2, 0.25) is 0 Å². The predicted molar refractivity (Wildman–Crippen MR) is 75.3 cm³/mol. The number of carbonyl (C=O) groups excluding carboxylic acids is 1. The Hall–Kier alpha value is -2.04. The third kappa shape index (κ3) is 5.30. The summed E-state index contributed by atoms with van der Waals surface area (Å²) in [7, 11) is 0. The molecule has 2 N–H and O–H groups in total. The standard InChI is InChI=1S/C15H21NO4/c1-3-7-11(2)13(14(17)18)16-15(19)20-10-12-8-5-4-6-9-12/h4-6,8-9,11,13H,3,7,10H2,1-2H3,(H,16,19)(H,17,18). The number of nitrogens with one attached hydrogen (secondary N) is 1. The fourth-order valence-corrected chi connectivity index (χ4v) is 1.96. The molecule has 0 spiro atoms. The normalized spacial score (nSPS) is 13.3. The van der Waals surface area contributed by atoms with Gasteiger partial charge in [-0.3, -0.25) is 0 Å². The Morgan fingerprint density at radius 1 is 1.30 bits per heavy atom. The minimum absolute atomic E-state index is 0.126. The Morgan fingerprint density at radius 2 is 1.95 bits per heavy atom. The quantitative estimate of drug-likeness (QED) is 0.804. The second-order valence-corrected chi connectivity index (χ2v) is 4.79. The van der Waals surface area contributed by atoms with E-state index in [4.69, 9.17) is 9.84 Å². The maximum Gasteiger partial charge on any atom is 0.408 e.